The Hall–Kier alpha value is -1.64. The Bertz CT molecular complexity index is 616. The summed E-state index contributed by atoms with van der Waals surface area (Å²) in [6, 6.07) is 1.95. The second-order valence-electron chi connectivity index (χ2n) is 3.47. The molecule has 2 rings (SSSR count). The Morgan fingerprint density at radius 1 is 0.857 bits per heavy atom. The van der Waals surface area contributed by atoms with Crippen LogP contribution in [0.25, 0.3) is 0 Å². The van der Waals surface area contributed by atoms with Gasteiger partial charge in [-0.15, -0.1) is 0 Å². The zero-order valence-corrected chi connectivity index (χ0v) is 16.3. The van der Waals surface area contributed by atoms with E-state index < -0.39 is 22.4 Å². The quantitative estimate of drug-likeness (QED) is 0.487. The number of aliphatic hydroxyl groups excluding tert-OH is 2. The zero-order valence-electron chi connectivity index (χ0n) is 10.8. The van der Waals surface area contributed by atoms with E-state index in [1.807, 2.05) is 0 Å². The Balaban J connectivity index is 0.000000364. The molecular formula is C12H10HgO8. The van der Waals surface area contributed by atoms with Gasteiger partial charge in [0.2, 0.25) is 0 Å². The first kappa shape index (κ1) is 19.4. The SMILES string of the molecule is O=c1cc(CO)occ1[O-].O=c1cc(CO)occ1[O-].[Hg+2]. The van der Waals surface area contributed by atoms with Gasteiger partial charge < -0.3 is 29.3 Å². The van der Waals surface area contributed by atoms with Crippen molar-refractivity contribution in [2.24, 2.45) is 0 Å². The van der Waals surface area contributed by atoms with E-state index >= 15 is 0 Å². The summed E-state index contributed by atoms with van der Waals surface area (Å²) in [5, 5.41) is 37.6. The average molecular weight is 483 g/mol. The molecule has 0 aromatic carbocycles. The molecule has 8 nitrogen and oxygen atoms in total. The van der Waals surface area contributed by atoms with Crippen LogP contribution in [-0.4, -0.2) is 10.2 Å². The monoisotopic (exact) mass is 484 g/mol. The molecule has 108 valence electrons. The van der Waals surface area contributed by atoms with Crippen molar-refractivity contribution in [1.29, 1.82) is 0 Å². The second kappa shape index (κ2) is 9.32. The number of hydrogen-bond donors (Lipinski definition) is 2. The first-order valence-electron chi connectivity index (χ1n) is 5.27. The Labute approximate surface area is 138 Å². The van der Waals surface area contributed by atoms with Gasteiger partial charge in [-0.05, 0) is 11.5 Å². The van der Waals surface area contributed by atoms with Crippen LogP contribution < -0.4 is 21.1 Å². The summed E-state index contributed by atoms with van der Waals surface area (Å²) in [5.74, 6) is -1.19. The Morgan fingerprint density at radius 3 is 1.43 bits per heavy atom. The molecular weight excluding hydrogens is 473 g/mol. The first-order chi connectivity index (χ1) is 9.47. The molecule has 0 fully saturated rings. The minimum atomic E-state index is -0.697. The van der Waals surface area contributed by atoms with Gasteiger partial charge >= 0.3 is 27.7 Å². The molecule has 0 aliphatic rings. The Kier molecular flexibility index (Phi) is 8.59. The molecule has 21 heavy (non-hydrogen) atoms. The zero-order chi connectivity index (χ0) is 15.1. The molecule has 2 N–H and O–H groups in total. The summed E-state index contributed by atoms with van der Waals surface area (Å²) in [6.45, 7) is -0.731. The van der Waals surface area contributed by atoms with Crippen molar-refractivity contribution >= 4 is 0 Å². The molecule has 0 spiro atoms. The van der Waals surface area contributed by atoms with Crippen molar-refractivity contribution in [2.75, 3.05) is 0 Å². The van der Waals surface area contributed by atoms with Crippen LogP contribution in [0.5, 0.6) is 11.5 Å². The van der Waals surface area contributed by atoms with Crippen molar-refractivity contribution in [2.45, 2.75) is 13.2 Å². The minimum absolute atomic E-state index is 0. The van der Waals surface area contributed by atoms with E-state index in [1.54, 1.807) is 0 Å². The maximum absolute atomic E-state index is 10.5. The third-order valence-electron chi connectivity index (χ3n) is 2.02. The molecule has 0 amide bonds. The average Bonchev–Trinajstić information content (AvgIpc) is 2.45. The van der Waals surface area contributed by atoms with Crippen LogP contribution in [0.15, 0.2) is 43.1 Å². The fourth-order valence-corrected chi connectivity index (χ4v) is 1.04. The van der Waals surface area contributed by atoms with Gasteiger partial charge in [0.05, 0.1) is 12.5 Å². The summed E-state index contributed by atoms with van der Waals surface area (Å²) in [5.41, 5.74) is -1.31. The van der Waals surface area contributed by atoms with Gasteiger partial charge in [0.1, 0.15) is 24.7 Å². The van der Waals surface area contributed by atoms with E-state index in [-0.39, 0.29) is 52.4 Å². The second-order valence-corrected chi connectivity index (χ2v) is 3.47. The van der Waals surface area contributed by atoms with E-state index in [0.29, 0.717) is 0 Å². The van der Waals surface area contributed by atoms with Crippen LogP contribution in [0.2, 0.25) is 0 Å². The first-order valence-corrected chi connectivity index (χ1v) is 5.27. The molecule has 2 aromatic rings. The van der Waals surface area contributed by atoms with Crippen LogP contribution in [0.3, 0.4) is 0 Å². The van der Waals surface area contributed by atoms with Crippen LogP contribution in [0, 0.1) is 0 Å². The molecule has 0 aliphatic carbocycles. The molecule has 0 saturated carbocycles. The molecule has 0 unspecified atom stereocenters. The topological polar surface area (TPSA) is 147 Å². The fourth-order valence-electron chi connectivity index (χ4n) is 1.04. The van der Waals surface area contributed by atoms with Gasteiger partial charge in [0, 0.05) is 12.1 Å². The minimum Gasteiger partial charge on any atom is -0.868 e. The number of rotatable bonds is 2. The van der Waals surface area contributed by atoms with Gasteiger partial charge in [-0.1, -0.05) is 0 Å². The third-order valence-corrected chi connectivity index (χ3v) is 2.02. The van der Waals surface area contributed by atoms with E-state index in [4.69, 9.17) is 10.2 Å². The van der Waals surface area contributed by atoms with Crippen molar-refractivity contribution in [3.63, 3.8) is 0 Å². The van der Waals surface area contributed by atoms with E-state index in [9.17, 15) is 19.8 Å². The molecule has 0 atom stereocenters. The van der Waals surface area contributed by atoms with Crippen molar-refractivity contribution < 1.29 is 56.9 Å². The summed E-state index contributed by atoms with van der Waals surface area (Å²) >= 11 is 0. The fraction of sp³-hybridized carbons (Fsp3) is 0.167. The maximum atomic E-state index is 10.5. The Morgan fingerprint density at radius 2 is 1.19 bits per heavy atom. The normalized spacial score (nSPS) is 9.24. The molecule has 0 bridgehead atoms. The summed E-state index contributed by atoms with van der Waals surface area (Å²) in [4.78, 5) is 21.0. The summed E-state index contributed by atoms with van der Waals surface area (Å²) < 4.78 is 9.05. The van der Waals surface area contributed by atoms with Crippen LogP contribution in [0.4, 0.5) is 0 Å². The van der Waals surface area contributed by atoms with Gasteiger partial charge in [0.15, 0.2) is 10.9 Å². The van der Waals surface area contributed by atoms with Crippen LogP contribution in [-0.2, 0) is 40.9 Å². The standard InChI is InChI=1S/2C6H6O4.Hg/c2*7-2-4-1-5(8)6(9)3-10-4;/h2*1,3,7,9H,2H2;/q;;+2/p-2. The van der Waals surface area contributed by atoms with E-state index in [0.717, 1.165) is 24.7 Å². The largest absolute Gasteiger partial charge is 2.00 e. The molecule has 9 heteroatoms. The number of aliphatic hydroxyl groups is 2. The maximum Gasteiger partial charge on any atom is 2.00 e. The van der Waals surface area contributed by atoms with Crippen LogP contribution in [0.1, 0.15) is 11.5 Å². The molecule has 2 aromatic heterocycles. The summed E-state index contributed by atoms with van der Waals surface area (Å²) in [7, 11) is 0. The predicted molar refractivity (Wildman–Crippen MR) is 60.7 cm³/mol. The van der Waals surface area contributed by atoms with Crippen molar-refractivity contribution in [3.8, 4) is 11.5 Å². The van der Waals surface area contributed by atoms with E-state index in [1.165, 1.54) is 0 Å². The van der Waals surface area contributed by atoms with E-state index in [2.05, 4.69) is 8.83 Å². The molecule has 0 aliphatic heterocycles. The third kappa shape index (κ3) is 6.11. The van der Waals surface area contributed by atoms with Gasteiger partial charge in [-0.2, -0.15) is 0 Å². The predicted octanol–water partition coefficient (Wildman–Crippen LogP) is -1.59. The smallest absolute Gasteiger partial charge is 0.868 e. The van der Waals surface area contributed by atoms with Crippen molar-refractivity contribution in [1.82, 2.24) is 0 Å². The number of hydrogen-bond acceptors (Lipinski definition) is 8. The molecule has 2 heterocycles. The molecule has 0 saturated heterocycles. The van der Waals surface area contributed by atoms with Crippen molar-refractivity contribution in [3.05, 3.63) is 56.6 Å². The molecule has 0 radical (unpaired) electrons. The van der Waals surface area contributed by atoms with Crippen LogP contribution >= 0.6 is 0 Å². The summed E-state index contributed by atoms with van der Waals surface area (Å²) in [6.07, 6.45) is 1.57. The van der Waals surface area contributed by atoms with Gasteiger partial charge in [0.25, 0.3) is 0 Å². The van der Waals surface area contributed by atoms with Gasteiger partial charge in [-0.3, -0.25) is 9.59 Å². The van der Waals surface area contributed by atoms with Gasteiger partial charge in [-0.25, -0.2) is 0 Å².